The number of ether oxygens (including phenoxy) is 1. The lowest BCUT2D eigenvalue weighted by atomic mass is 10.0. The maximum atomic E-state index is 12.5. The largest absolute Gasteiger partial charge is 0.454 e. The maximum Gasteiger partial charge on any atom is 0.326 e. The summed E-state index contributed by atoms with van der Waals surface area (Å²) in [6.07, 6.45) is 1.98. The topological polar surface area (TPSA) is 136 Å². The molecule has 0 bridgehead atoms. The first-order valence-electron chi connectivity index (χ1n) is 10.0. The van der Waals surface area contributed by atoms with Crippen LogP contribution >= 0.6 is 0 Å². The van der Waals surface area contributed by atoms with E-state index >= 15 is 0 Å². The highest BCUT2D eigenvalue weighted by molar-refractivity contribution is 6.24. The number of rotatable bonds is 8. The molecule has 1 N–H and O–H groups in total. The molecule has 2 aliphatic rings. The van der Waals surface area contributed by atoms with E-state index in [2.05, 4.69) is 5.32 Å². The fourth-order valence-electron chi connectivity index (χ4n) is 3.71. The quantitative estimate of drug-likeness (QED) is 0.289. The third-order valence-electron chi connectivity index (χ3n) is 5.39. The summed E-state index contributed by atoms with van der Waals surface area (Å²) in [4.78, 5) is 60.4. The van der Waals surface area contributed by atoms with Crippen LogP contribution in [0, 0.1) is 16.0 Å². The number of hydrogen-bond acceptors (Lipinski definition) is 7. The molecule has 1 aliphatic carbocycles. The van der Waals surface area contributed by atoms with Crippen LogP contribution in [0.4, 0.5) is 5.69 Å². The summed E-state index contributed by atoms with van der Waals surface area (Å²) in [6.45, 7) is -1.32. The van der Waals surface area contributed by atoms with Gasteiger partial charge in [-0.15, -0.1) is 0 Å². The fourth-order valence-corrected chi connectivity index (χ4v) is 3.71. The van der Waals surface area contributed by atoms with Crippen LogP contribution < -0.4 is 5.32 Å². The number of amides is 3. The molecule has 2 aromatic rings. The first-order chi connectivity index (χ1) is 15.4. The molecule has 1 unspecified atom stereocenters. The van der Waals surface area contributed by atoms with E-state index in [1.165, 1.54) is 12.1 Å². The molecule has 0 aromatic heterocycles. The number of carbonyl (C=O) groups is 4. The second kappa shape index (κ2) is 8.58. The van der Waals surface area contributed by atoms with E-state index < -0.39 is 47.5 Å². The van der Waals surface area contributed by atoms with Gasteiger partial charge in [-0.05, 0) is 30.4 Å². The Morgan fingerprint density at radius 2 is 1.81 bits per heavy atom. The second-order valence-corrected chi connectivity index (χ2v) is 7.61. The summed E-state index contributed by atoms with van der Waals surface area (Å²) in [5.74, 6) is -2.92. The van der Waals surface area contributed by atoms with Gasteiger partial charge in [-0.1, -0.05) is 36.4 Å². The molecule has 0 spiro atoms. The van der Waals surface area contributed by atoms with Crippen molar-refractivity contribution in [1.29, 1.82) is 0 Å². The molecule has 0 radical (unpaired) electrons. The summed E-state index contributed by atoms with van der Waals surface area (Å²) in [5.41, 5.74) is -0.0570. The Kier molecular flexibility index (Phi) is 5.67. The summed E-state index contributed by atoms with van der Waals surface area (Å²) >= 11 is 0. The maximum absolute atomic E-state index is 12.5. The zero-order chi connectivity index (χ0) is 22.8. The highest BCUT2D eigenvalue weighted by atomic mass is 16.6. The third-order valence-corrected chi connectivity index (χ3v) is 5.39. The van der Waals surface area contributed by atoms with Crippen LogP contribution in [0.25, 0.3) is 0 Å². The lowest BCUT2D eigenvalue weighted by Crippen LogP contribution is -2.38. The molecule has 1 fully saturated rings. The number of carbonyl (C=O) groups excluding carboxylic acids is 4. The number of benzene rings is 2. The van der Waals surface area contributed by atoms with Gasteiger partial charge in [0.25, 0.3) is 23.4 Å². The first kappa shape index (κ1) is 21.2. The summed E-state index contributed by atoms with van der Waals surface area (Å²) in [6, 6.07) is 13.0. The van der Waals surface area contributed by atoms with E-state index in [0.717, 1.165) is 24.5 Å². The number of esters is 1. The average molecular weight is 437 g/mol. The Hall–Kier alpha value is -4.08. The van der Waals surface area contributed by atoms with Crippen LogP contribution in [0.5, 0.6) is 0 Å². The number of nitro groups is 1. The number of hydrogen-bond donors (Lipinski definition) is 1. The molecule has 1 atom stereocenters. The van der Waals surface area contributed by atoms with Gasteiger partial charge in [0, 0.05) is 6.07 Å². The number of fused-ring (bicyclic) bond motifs is 1. The molecule has 1 aliphatic heterocycles. The van der Waals surface area contributed by atoms with Crippen molar-refractivity contribution in [2.45, 2.75) is 18.9 Å². The predicted molar refractivity (Wildman–Crippen MR) is 109 cm³/mol. The van der Waals surface area contributed by atoms with E-state index in [1.54, 1.807) is 0 Å². The summed E-state index contributed by atoms with van der Waals surface area (Å²) in [5, 5.41) is 14.0. The van der Waals surface area contributed by atoms with Crippen molar-refractivity contribution in [3.8, 4) is 0 Å². The smallest absolute Gasteiger partial charge is 0.326 e. The molecule has 4 rings (SSSR count). The standard InChI is InChI=1S/C22H19N3O7/c26-17(23-20(14-9-10-14)13-5-2-1-3-6-13)12-32-18(27)11-24-21(28)15-7-4-8-16(25(30)31)19(15)22(24)29/h1-8,14,20H,9-12H2,(H,23,26). The summed E-state index contributed by atoms with van der Waals surface area (Å²) < 4.78 is 4.94. The molecule has 10 nitrogen and oxygen atoms in total. The van der Waals surface area contributed by atoms with Crippen LogP contribution in [0.2, 0.25) is 0 Å². The summed E-state index contributed by atoms with van der Waals surface area (Å²) in [7, 11) is 0. The predicted octanol–water partition coefficient (Wildman–Crippen LogP) is 2.00. The van der Waals surface area contributed by atoms with Crippen LogP contribution in [0.1, 0.15) is 45.2 Å². The Bertz CT molecular complexity index is 1110. The van der Waals surface area contributed by atoms with Gasteiger partial charge in [-0.3, -0.25) is 34.2 Å². The highest BCUT2D eigenvalue weighted by Crippen LogP contribution is 2.40. The van der Waals surface area contributed by atoms with Gasteiger partial charge in [-0.25, -0.2) is 0 Å². The van der Waals surface area contributed by atoms with Crippen LogP contribution in [-0.4, -0.2) is 46.7 Å². The van der Waals surface area contributed by atoms with Crippen molar-refractivity contribution >= 4 is 29.4 Å². The average Bonchev–Trinajstić information content (AvgIpc) is 3.60. The number of nitro benzene ring substituents is 1. The van der Waals surface area contributed by atoms with Crippen molar-refractivity contribution < 1.29 is 28.8 Å². The molecular formula is C22H19N3O7. The van der Waals surface area contributed by atoms with E-state index in [1.807, 2.05) is 30.3 Å². The minimum atomic E-state index is -0.972. The molecular weight excluding hydrogens is 418 g/mol. The van der Waals surface area contributed by atoms with Crippen molar-refractivity contribution in [3.63, 3.8) is 0 Å². The molecule has 1 saturated carbocycles. The SMILES string of the molecule is O=C(COC(=O)CN1C(=O)c2cccc([N+](=O)[O-])c2C1=O)NC(c1ccccc1)C1CC1. The van der Waals surface area contributed by atoms with Crippen LogP contribution in [0.3, 0.4) is 0 Å². The van der Waals surface area contributed by atoms with Crippen molar-refractivity contribution in [3.05, 3.63) is 75.3 Å². The lowest BCUT2D eigenvalue weighted by molar-refractivity contribution is -0.385. The Balaban J connectivity index is 1.35. The number of imide groups is 1. The van der Waals surface area contributed by atoms with Gasteiger partial charge >= 0.3 is 5.97 Å². The minimum Gasteiger partial charge on any atom is -0.454 e. The van der Waals surface area contributed by atoms with Gasteiger partial charge in [0.1, 0.15) is 12.1 Å². The van der Waals surface area contributed by atoms with Gasteiger partial charge in [-0.2, -0.15) is 0 Å². The Morgan fingerprint density at radius 3 is 2.47 bits per heavy atom. The zero-order valence-corrected chi connectivity index (χ0v) is 16.9. The monoisotopic (exact) mass is 437 g/mol. The second-order valence-electron chi connectivity index (χ2n) is 7.61. The normalized spacial score (nSPS) is 15.8. The molecule has 0 saturated heterocycles. The third kappa shape index (κ3) is 4.20. The van der Waals surface area contributed by atoms with Gasteiger partial charge in [0.05, 0.1) is 16.5 Å². The van der Waals surface area contributed by atoms with Crippen molar-refractivity contribution in [1.82, 2.24) is 10.2 Å². The molecule has 2 aromatic carbocycles. The van der Waals surface area contributed by atoms with E-state index in [9.17, 15) is 29.3 Å². The van der Waals surface area contributed by atoms with Crippen LogP contribution in [0.15, 0.2) is 48.5 Å². The Morgan fingerprint density at radius 1 is 1.09 bits per heavy atom. The molecule has 1 heterocycles. The van der Waals surface area contributed by atoms with Gasteiger partial charge < -0.3 is 10.1 Å². The van der Waals surface area contributed by atoms with E-state index in [-0.39, 0.29) is 17.2 Å². The fraction of sp³-hybridized carbons (Fsp3) is 0.273. The number of nitrogens with zero attached hydrogens (tertiary/aromatic N) is 2. The van der Waals surface area contributed by atoms with Crippen molar-refractivity contribution in [2.24, 2.45) is 5.92 Å². The highest BCUT2D eigenvalue weighted by Gasteiger charge is 2.42. The molecule has 32 heavy (non-hydrogen) atoms. The minimum absolute atomic E-state index is 0.148. The van der Waals surface area contributed by atoms with Gasteiger partial charge in [0.15, 0.2) is 6.61 Å². The van der Waals surface area contributed by atoms with Crippen LogP contribution in [-0.2, 0) is 14.3 Å². The van der Waals surface area contributed by atoms with Gasteiger partial charge in [0.2, 0.25) is 0 Å². The van der Waals surface area contributed by atoms with E-state index in [4.69, 9.17) is 4.74 Å². The molecule has 164 valence electrons. The van der Waals surface area contributed by atoms with E-state index in [0.29, 0.717) is 10.8 Å². The molecule has 10 heteroatoms. The van der Waals surface area contributed by atoms with Crippen molar-refractivity contribution in [2.75, 3.05) is 13.2 Å². The lowest BCUT2D eigenvalue weighted by Gasteiger charge is -2.19. The number of nitrogens with one attached hydrogen (secondary N) is 1. The zero-order valence-electron chi connectivity index (χ0n) is 16.9. The molecule has 3 amide bonds. The first-order valence-corrected chi connectivity index (χ1v) is 10.0. The Labute approximate surface area is 182 Å².